The van der Waals surface area contributed by atoms with E-state index in [0.29, 0.717) is 17.5 Å². The molecule has 0 atom stereocenters. The van der Waals surface area contributed by atoms with Crippen molar-refractivity contribution in [2.75, 3.05) is 0 Å². The lowest BCUT2D eigenvalue weighted by molar-refractivity contribution is 0.189. The average Bonchev–Trinajstić information content (AvgIpc) is 2.63. The summed E-state index contributed by atoms with van der Waals surface area (Å²) in [5.41, 5.74) is 0.715. The molecule has 170 valence electrons. The second kappa shape index (κ2) is 15.7. The van der Waals surface area contributed by atoms with E-state index in [1.54, 1.807) is 0 Å². The second-order valence-electron chi connectivity index (χ2n) is 10.3. The van der Waals surface area contributed by atoms with Gasteiger partial charge in [-0.15, -0.1) is 0 Å². The minimum absolute atomic E-state index is 0.112. The van der Waals surface area contributed by atoms with Crippen LogP contribution in [0.4, 0.5) is 0 Å². The van der Waals surface area contributed by atoms with Gasteiger partial charge < -0.3 is 0 Å². The van der Waals surface area contributed by atoms with E-state index < -0.39 is 0 Å². The highest BCUT2D eigenvalue weighted by molar-refractivity contribution is 4.87. The van der Waals surface area contributed by atoms with Gasteiger partial charge in [0, 0.05) is 12.1 Å². The zero-order valence-electron chi connectivity index (χ0n) is 21.1. The molecule has 28 heavy (non-hydrogen) atoms. The van der Waals surface area contributed by atoms with Gasteiger partial charge in [0.2, 0.25) is 0 Å². The van der Waals surface area contributed by atoms with Crippen LogP contribution < -0.4 is 10.6 Å². The molecule has 0 radical (unpaired) electrons. The quantitative estimate of drug-likeness (QED) is 0.170. The minimum atomic E-state index is 0.112. The normalized spacial score (nSPS) is 13.1. The zero-order chi connectivity index (χ0) is 21.5. The van der Waals surface area contributed by atoms with E-state index in [2.05, 4.69) is 66.0 Å². The lowest BCUT2D eigenvalue weighted by Crippen LogP contribution is -2.60. The summed E-state index contributed by atoms with van der Waals surface area (Å²) in [6.45, 7) is 18.6. The zero-order valence-corrected chi connectivity index (χ0v) is 21.1. The van der Waals surface area contributed by atoms with Crippen LogP contribution in [0.15, 0.2) is 0 Å². The third-order valence-electron chi connectivity index (χ3n) is 6.39. The Kier molecular flexibility index (Phi) is 15.7. The van der Waals surface area contributed by atoms with E-state index in [9.17, 15) is 0 Å². The van der Waals surface area contributed by atoms with Gasteiger partial charge in [-0.2, -0.15) is 0 Å². The predicted molar refractivity (Wildman–Crippen MR) is 129 cm³/mol. The standard InChI is InChI=1S/C26H56N2/c1-9-12-19-25(8,20-13-10-2)21-17-15-14-16-18-22-26(11-3,27-23(4)5)28-24(6)7/h23-24,27-28H,9-22H2,1-8H3. The lowest BCUT2D eigenvalue weighted by atomic mass is 9.76. The van der Waals surface area contributed by atoms with Crippen LogP contribution in [0.25, 0.3) is 0 Å². The van der Waals surface area contributed by atoms with Crippen LogP contribution in [-0.2, 0) is 0 Å². The molecule has 0 aliphatic heterocycles. The molecule has 0 aromatic rings. The largest absolute Gasteiger partial charge is 0.297 e. The van der Waals surface area contributed by atoms with Gasteiger partial charge in [0.1, 0.15) is 0 Å². The smallest absolute Gasteiger partial charge is 0.0688 e. The third kappa shape index (κ3) is 13.2. The van der Waals surface area contributed by atoms with E-state index in [1.807, 2.05) is 0 Å². The molecular weight excluding hydrogens is 340 g/mol. The van der Waals surface area contributed by atoms with Gasteiger partial charge in [0.05, 0.1) is 5.66 Å². The highest BCUT2D eigenvalue weighted by Crippen LogP contribution is 2.36. The highest BCUT2D eigenvalue weighted by atomic mass is 15.2. The Hall–Kier alpha value is -0.0800. The first-order valence-corrected chi connectivity index (χ1v) is 12.8. The monoisotopic (exact) mass is 396 g/mol. The maximum absolute atomic E-state index is 3.82. The first-order chi connectivity index (χ1) is 13.2. The molecule has 0 rings (SSSR count). The maximum Gasteiger partial charge on any atom is 0.0688 e. The molecule has 0 saturated carbocycles. The van der Waals surface area contributed by atoms with Crippen LogP contribution >= 0.6 is 0 Å². The topological polar surface area (TPSA) is 24.1 Å². The SMILES string of the molecule is CCCCC(C)(CCCC)CCCCCCCC(CC)(NC(C)C)NC(C)C. The van der Waals surface area contributed by atoms with Crippen LogP contribution in [0.5, 0.6) is 0 Å². The first-order valence-electron chi connectivity index (χ1n) is 12.8. The van der Waals surface area contributed by atoms with Crippen molar-refractivity contribution in [2.45, 2.75) is 163 Å². The fraction of sp³-hybridized carbons (Fsp3) is 1.00. The molecule has 0 amide bonds. The molecular formula is C26H56N2. The van der Waals surface area contributed by atoms with Gasteiger partial charge in [0.25, 0.3) is 0 Å². The lowest BCUT2D eigenvalue weighted by Gasteiger charge is -2.39. The van der Waals surface area contributed by atoms with Gasteiger partial charge in [-0.3, -0.25) is 10.6 Å². The van der Waals surface area contributed by atoms with E-state index in [1.165, 1.54) is 83.5 Å². The van der Waals surface area contributed by atoms with Gasteiger partial charge >= 0.3 is 0 Å². The fourth-order valence-electron chi connectivity index (χ4n) is 4.76. The molecule has 0 spiro atoms. The Morgan fingerprint density at radius 3 is 1.36 bits per heavy atom. The van der Waals surface area contributed by atoms with Crippen molar-refractivity contribution in [1.29, 1.82) is 0 Å². The molecule has 0 saturated heterocycles. The van der Waals surface area contributed by atoms with Crippen LogP contribution in [0.3, 0.4) is 0 Å². The van der Waals surface area contributed by atoms with Crippen molar-refractivity contribution in [3.8, 4) is 0 Å². The van der Waals surface area contributed by atoms with Crippen molar-refractivity contribution in [3.63, 3.8) is 0 Å². The Morgan fingerprint density at radius 1 is 0.571 bits per heavy atom. The molecule has 0 heterocycles. The Balaban J connectivity index is 4.23. The van der Waals surface area contributed by atoms with Crippen LogP contribution in [0, 0.1) is 5.41 Å². The maximum atomic E-state index is 3.82. The Bertz CT molecular complexity index is 330. The van der Waals surface area contributed by atoms with Gasteiger partial charge in [-0.25, -0.2) is 0 Å². The Morgan fingerprint density at radius 2 is 0.964 bits per heavy atom. The number of hydrogen-bond acceptors (Lipinski definition) is 2. The summed E-state index contributed by atoms with van der Waals surface area (Å²) < 4.78 is 0. The van der Waals surface area contributed by atoms with Crippen molar-refractivity contribution in [2.24, 2.45) is 5.41 Å². The average molecular weight is 397 g/mol. The molecule has 0 fully saturated rings. The van der Waals surface area contributed by atoms with Crippen LogP contribution in [0.2, 0.25) is 0 Å². The van der Waals surface area contributed by atoms with Crippen molar-refractivity contribution >= 4 is 0 Å². The summed E-state index contributed by atoms with van der Waals surface area (Å²) in [5, 5.41) is 7.65. The predicted octanol–water partition coefficient (Wildman–Crippen LogP) is 8.21. The molecule has 0 aromatic carbocycles. The van der Waals surface area contributed by atoms with E-state index in [-0.39, 0.29) is 5.66 Å². The first kappa shape index (κ1) is 27.9. The molecule has 0 bridgehead atoms. The number of hydrogen-bond donors (Lipinski definition) is 2. The fourth-order valence-corrected chi connectivity index (χ4v) is 4.76. The summed E-state index contributed by atoms with van der Waals surface area (Å²) in [6.07, 6.45) is 19.2. The summed E-state index contributed by atoms with van der Waals surface area (Å²) in [6, 6.07) is 1.05. The van der Waals surface area contributed by atoms with Crippen LogP contribution in [-0.4, -0.2) is 17.7 Å². The minimum Gasteiger partial charge on any atom is -0.297 e. The molecule has 0 aliphatic rings. The van der Waals surface area contributed by atoms with Crippen molar-refractivity contribution < 1.29 is 0 Å². The summed E-state index contributed by atoms with van der Waals surface area (Å²) >= 11 is 0. The second-order valence-corrected chi connectivity index (χ2v) is 10.3. The number of nitrogens with one attached hydrogen (secondary N) is 2. The van der Waals surface area contributed by atoms with E-state index in [4.69, 9.17) is 0 Å². The van der Waals surface area contributed by atoms with Crippen LogP contribution in [0.1, 0.15) is 145 Å². The number of rotatable bonds is 19. The van der Waals surface area contributed by atoms with Crippen molar-refractivity contribution in [3.05, 3.63) is 0 Å². The summed E-state index contributed by atoms with van der Waals surface area (Å²) in [7, 11) is 0. The van der Waals surface area contributed by atoms with Crippen molar-refractivity contribution in [1.82, 2.24) is 10.6 Å². The molecule has 2 N–H and O–H groups in total. The summed E-state index contributed by atoms with van der Waals surface area (Å²) in [4.78, 5) is 0. The molecule has 2 nitrogen and oxygen atoms in total. The molecule has 0 unspecified atom stereocenters. The van der Waals surface area contributed by atoms with Gasteiger partial charge in [-0.1, -0.05) is 85.5 Å². The van der Waals surface area contributed by atoms with E-state index in [0.717, 1.165) is 6.42 Å². The van der Waals surface area contributed by atoms with Gasteiger partial charge in [0.15, 0.2) is 0 Å². The molecule has 0 aromatic heterocycles. The number of unbranched alkanes of at least 4 members (excludes halogenated alkanes) is 6. The van der Waals surface area contributed by atoms with E-state index >= 15 is 0 Å². The highest BCUT2D eigenvalue weighted by Gasteiger charge is 2.28. The molecule has 2 heteroatoms. The third-order valence-corrected chi connectivity index (χ3v) is 6.39. The Labute approximate surface area is 179 Å². The summed E-state index contributed by atoms with van der Waals surface area (Å²) in [5.74, 6) is 0. The van der Waals surface area contributed by atoms with Gasteiger partial charge in [-0.05, 0) is 65.2 Å². The molecule has 0 aliphatic carbocycles.